The van der Waals surface area contributed by atoms with Crippen LogP contribution in [-0.2, 0) is 15.5 Å². The van der Waals surface area contributed by atoms with Gasteiger partial charge in [0.15, 0.2) is 0 Å². The van der Waals surface area contributed by atoms with E-state index in [9.17, 15) is 4.21 Å². The summed E-state index contributed by atoms with van der Waals surface area (Å²) in [7, 11) is -2.11. The molecule has 0 radical (unpaired) electrons. The van der Waals surface area contributed by atoms with Crippen molar-refractivity contribution in [2.45, 2.75) is 25.6 Å². The molecule has 2 nitrogen and oxygen atoms in total. The number of hydrogen-bond acceptors (Lipinski definition) is 1. The number of hydrogen-bond donors (Lipinski definition) is 0. The van der Waals surface area contributed by atoms with Gasteiger partial charge in [0.2, 0.25) is 0 Å². The molecule has 0 spiro atoms. The standard InChI is InChI=1S/C11H15NOS/c1-9(2)12-11-7-5-4-6-10(11)8-14(12,3)13/h4-7,9H,3,8H2,1-2H3. The quantitative estimate of drug-likeness (QED) is 0.648. The summed E-state index contributed by atoms with van der Waals surface area (Å²) in [6.45, 7) is 4.10. The minimum Gasteiger partial charge on any atom is -0.296 e. The van der Waals surface area contributed by atoms with Crippen molar-refractivity contribution in [3.8, 4) is 0 Å². The zero-order valence-electron chi connectivity index (χ0n) is 8.56. The van der Waals surface area contributed by atoms with Crippen LogP contribution < -0.4 is 4.31 Å². The molecule has 2 rings (SSSR count). The molecule has 1 atom stereocenters. The largest absolute Gasteiger partial charge is 0.296 e. The molecule has 1 unspecified atom stereocenters. The van der Waals surface area contributed by atoms with Crippen molar-refractivity contribution in [2.75, 3.05) is 4.31 Å². The third-order valence-corrected chi connectivity index (χ3v) is 4.53. The molecule has 1 aliphatic heterocycles. The highest BCUT2D eigenvalue weighted by Gasteiger charge is 2.29. The van der Waals surface area contributed by atoms with Crippen LogP contribution in [0.1, 0.15) is 19.4 Å². The lowest BCUT2D eigenvalue weighted by Gasteiger charge is -2.26. The average Bonchev–Trinajstić information content (AvgIpc) is 2.33. The maximum atomic E-state index is 12.2. The molecule has 0 saturated heterocycles. The molecular weight excluding hydrogens is 194 g/mol. The van der Waals surface area contributed by atoms with E-state index in [0.29, 0.717) is 5.75 Å². The van der Waals surface area contributed by atoms with E-state index >= 15 is 0 Å². The van der Waals surface area contributed by atoms with E-state index in [1.165, 1.54) is 0 Å². The van der Waals surface area contributed by atoms with Crippen molar-refractivity contribution < 1.29 is 4.21 Å². The normalized spacial score (nSPS) is 25.5. The van der Waals surface area contributed by atoms with Gasteiger partial charge in [0, 0.05) is 6.04 Å². The van der Waals surface area contributed by atoms with Crippen LogP contribution in [0, 0.1) is 0 Å². The smallest absolute Gasteiger partial charge is 0.0609 e. The molecule has 0 aromatic heterocycles. The molecule has 1 aromatic carbocycles. The van der Waals surface area contributed by atoms with Crippen LogP contribution in [-0.4, -0.2) is 16.1 Å². The van der Waals surface area contributed by atoms with Crippen LogP contribution in [0.25, 0.3) is 0 Å². The topological polar surface area (TPSA) is 20.3 Å². The van der Waals surface area contributed by atoms with Gasteiger partial charge in [-0.25, -0.2) is 4.21 Å². The SMILES string of the molecule is C=S1(=O)Cc2ccccc2N1C(C)C. The number of fused-ring (bicyclic) bond motifs is 1. The summed E-state index contributed by atoms with van der Waals surface area (Å²) in [5, 5.41) is 0. The van der Waals surface area contributed by atoms with E-state index in [0.717, 1.165) is 11.3 Å². The number of anilines is 1. The number of rotatable bonds is 1. The van der Waals surface area contributed by atoms with Crippen LogP contribution in [0.4, 0.5) is 5.69 Å². The summed E-state index contributed by atoms with van der Waals surface area (Å²) < 4.78 is 14.2. The molecule has 1 aromatic rings. The molecule has 0 N–H and O–H groups in total. The second-order valence-electron chi connectivity index (χ2n) is 3.97. The van der Waals surface area contributed by atoms with Gasteiger partial charge in [0.25, 0.3) is 0 Å². The first-order valence-corrected chi connectivity index (χ1v) is 6.60. The average molecular weight is 209 g/mol. The predicted octanol–water partition coefficient (Wildman–Crippen LogP) is 2.05. The van der Waals surface area contributed by atoms with Crippen molar-refractivity contribution in [1.29, 1.82) is 0 Å². The van der Waals surface area contributed by atoms with Crippen LogP contribution in [0.15, 0.2) is 24.3 Å². The van der Waals surface area contributed by atoms with Gasteiger partial charge >= 0.3 is 0 Å². The van der Waals surface area contributed by atoms with Crippen LogP contribution >= 0.6 is 0 Å². The molecule has 0 amide bonds. The Morgan fingerprint density at radius 1 is 1.43 bits per heavy atom. The Kier molecular flexibility index (Phi) is 2.07. The molecule has 1 heterocycles. The molecule has 0 aliphatic carbocycles. The lowest BCUT2D eigenvalue weighted by molar-refractivity contribution is 0.672. The van der Waals surface area contributed by atoms with Gasteiger partial charge in [-0.3, -0.25) is 4.31 Å². The Morgan fingerprint density at radius 2 is 2.07 bits per heavy atom. The maximum Gasteiger partial charge on any atom is 0.0609 e. The fourth-order valence-electron chi connectivity index (χ4n) is 2.00. The van der Waals surface area contributed by atoms with Gasteiger partial charge in [0.05, 0.1) is 21.1 Å². The van der Waals surface area contributed by atoms with E-state index in [2.05, 4.69) is 5.87 Å². The van der Waals surface area contributed by atoms with Crippen molar-refractivity contribution in [1.82, 2.24) is 0 Å². The van der Waals surface area contributed by atoms with Gasteiger partial charge < -0.3 is 0 Å². The number of para-hydroxylation sites is 1. The minimum absolute atomic E-state index is 0.239. The summed E-state index contributed by atoms with van der Waals surface area (Å²) in [5.41, 5.74) is 2.24. The minimum atomic E-state index is -2.11. The molecule has 0 saturated carbocycles. The monoisotopic (exact) mass is 209 g/mol. The summed E-state index contributed by atoms with van der Waals surface area (Å²) >= 11 is 0. The maximum absolute atomic E-state index is 12.2. The lowest BCUT2D eigenvalue weighted by atomic mass is 10.2. The van der Waals surface area contributed by atoms with Gasteiger partial charge in [-0.05, 0) is 31.3 Å². The summed E-state index contributed by atoms with van der Waals surface area (Å²) in [6.07, 6.45) is 0. The first-order valence-electron chi connectivity index (χ1n) is 4.74. The molecule has 0 bridgehead atoms. The van der Waals surface area contributed by atoms with Crippen LogP contribution in [0.5, 0.6) is 0 Å². The van der Waals surface area contributed by atoms with Crippen molar-refractivity contribution >= 4 is 21.3 Å². The first-order chi connectivity index (χ1) is 6.52. The number of nitrogens with zero attached hydrogens (tertiary/aromatic N) is 1. The summed E-state index contributed by atoms with van der Waals surface area (Å²) in [5.74, 6) is 4.43. The van der Waals surface area contributed by atoms with Gasteiger partial charge in [-0.1, -0.05) is 18.2 Å². The van der Waals surface area contributed by atoms with E-state index in [-0.39, 0.29) is 6.04 Å². The van der Waals surface area contributed by atoms with Gasteiger partial charge in [0.1, 0.15) is 0 Å². The molecular formula is C11H15NOS. The zero-order chi connectivity index (χ0) is 10.3. The van der Waals surface area contributed by atoms with E-state index in [1.54, 1.807) is 0 Å². The Morgan fingerprint density at radius 3 is 2.71 bits per heavy atom. The second-order valence-corrected chi connectivity index (χ2v) is 6.19. The fourth-order valence-corrected chi connectivity index (χ4v) is 4.18. The highest BCUT2D eigenvalue weighted by Crippen LogP contribution is 2.34. The van der Waals surface area contributed by atoms with E-state index < -0.39 is 9.71 Å². The Hall–Kier alpha value is -0.960. The summed E-state index contributed by atoms with van der Waals surface area (Å²) in [4.78, 5) is 0. The lowest BCUT2D eigenvalue weighted by Crippen LogP contribution is -2.33. The molecule has 1 aliphatic rings. The second kappa shape index (κ2) is 3.02. The predicted molar refractivity (Wildman–Crippen MR) is 63.0 cm³/mol. The highest BCUT2D eigenvalue weighted by molar-refractivity contribution is 8.01. The first kappa shape index (κ1) is 9.59. The van der Waals surface area contributed by atoms with Crippen LogP contribution in [0.3, 0.4) is 0 Å². The number of benzene rings is 1. The van der Waals surface area contributed by atoms with Gasteiger partial charge in [-0.2, -0.15) is 0 Å². The molecule has 76 valence electrons. The Bertz CT molecular complexity index is 448. The third-order valence-electron chi connectivity index (χ3n) is 2.44. The van der Waals surface area contributed by atoms with Crippen LogP contribution in [0.2, 0.25) is 0 Å². The Labute approximate surface area is 85.7 Å². The third kappa shape index (κ3) is 1.32. The molecule has 14 heavy (non-hydrogen) atoms. The summed E-state index contributed by atoms with van der Waals surface area (Å²) in [6, 6.07) is 8.26. The Balaban J connectivity index is 2.59. The van der Waals surface area contributed by atoms with Crippen molar-refractivity contribution in [3.63, 3.8) is 0 Å². The highest BCUT2D eigenvalue weighted by atomic mass is 32.2. The van der Waals surface area contributed by atoms with Crippen molar-refractivity contribution in [3.05, 3.63) is 29.8 Å². The zero-order valence-corrected chi connectivity index (χ0v) is 9.38. The van der Waals surface area contributed by atoms with E-state index in [4.69, 9.17) is 0 Å². The van der Waals surface area contributed by atoms with Gasteiger partial charge in [-0.15, -0.1) is 0 Å². The van der Waals surface area contributed by atoms with Crippen molar-refractivity contribution in [2.24, 2.45) is 0 Å². The fraction of sp³-hybridized carbons (Fsp3) is 0.364. The van der Waals surface area contributed by atoms with E-state index in [1.807, 2.05) is 42.4 Å². The molecule has 0 fully saturated rings. The molecule has 3 heteroatoms.